The normalized spacial score (nSPS) is 11.7. The first-order valence-corrected chi connectivity index (χ1v) is 20.9. The summed E-state index contributed by atoms with van der Waals surface area (Å²) in [6, 6.07) is 70.1. The van der Waals surface area contributed by atoms with Crippen molar-refractivity contribution in [2.75, 3.05) is 0 Å². The SMILES string of the molecule is c1ccc(-c2cc(-c3ccccc3)nc(-c3cccc(-c4nc5c(-c6cccc(-c7cccc8c7sc7ccccc78)c6)cccc5c5c4oc4ccccc45)c3)n2)cc1. The molecule has 0 fully saturated rings. The molecule has 0 saturated heterocycles. The molecule has 0 bridgehead atoms. The average molecular weight is 784 g/mol. The van der Waals surface area contributed by atoms with E-state index in [2.05, 4.69) is 152 Å². The van der Waals surface area contributed by atoms with E-state index in [0.29, 0.717) is 5.82 Å². The zero-order valence-corrected chi connectivity index (χ0v) is 33.0. The molecule has 0 unspecified atom stereocenters. The third-order valence-corrected chi connectivity index (χ3v) is 12.7. The van der Waals surface area contributed by atoms with Crippen molar-refractivity contribution in [2.45, 2.75) is 0 Å². The smallest absolute Gasteiger partial charge is 0.162 e. The first-order chi connectivity index (χ1) is 29.7. The second kappa shape index (κ2) is 14.0. The maximum atomic E-state index is 6.74. The molecule has 0 N–H and O–H groups in total. The Morgan fingerprint density at radius 1 is 0.383 bits per heavy atom. The second-order valence-electron chi connectivity index (χ2n) is 15.1. The third-order valence-electron chi connectivity index (χ3n) is 11.5. The van der Waals surface area contributed by atoms with E-state index in [1.165, 1.54) is 31.3 Å². The summed E-state index contributed by atoms with van der Waals surface area (Å²) in [5, 5.41) is 5.76. The van der Waals surface area contributed by atoms with Crippen LogP contribution in [0.3, 0.4) is 0 Å². The van der Waals surface area contributed by atoms with Crippen LogP contribution >= 0.6 is 11.3 Å². The van der Waals surface area contributed by atoms with Gasteiger partial charge >= 0.3 is 0 Å². The van der Waals surface area contributed by atoms with Crippen molar-refractivity contribution in [3.63, 3.8) is 0 Å². The van der Waals surface area contributed by atoms with Crippen molar-refractivity contribution in [2.24, 2.45) is 0 Å². The molecule has 4 heterocycles. The van der Waals surface area contributed by atoms with Gasteiger partial charge in [0.25, 0.3) is 0 Å². The number of aromatic nitrogens is 3. The van der Waals surface area contributed by atoms with E-state index in [4.69, 9.17) is 19.4 Å². The van der Waals surface area contributed by atoms with Gasteiger partial charge in [0.2, 0.25) is 0 Å². The van der Waals surface area contributed by atoms with Gasteiger partial charge in [0, 0.05) is 64.1 Å². The molecule has 12 rings (SSSR count). The first kappa shape index (κ1) is 34.3. The summed E-state index contributed by atoms with van der Waals surface area (Å²) in [6.07, 6.45) is 0. The van der Waals surface area contributed by atoms with Crippen molar-refractivity contribution >= 4 is 64.4 Å². The fraction of sp³-hybridized carbons (Fsp3) is 0. The van der Waals surface area contributed by atoms with Gasteiger partial charge in [-0.25, -0.2) is 15.0 Å². The van der Waals surface area contributed by atoms with Gasteiger partial charge in [0.1, 0.15) is 11.3 Å². The molecule has 4 nitrogen and oxygen atoms in total. The molecule has 0 aliphatic carbocycles. The van der Waals surface area contributed by atoms with Crippen LogP contribution in [0.1, 0.15) is 0 Å². The van der Waals surface area contributed by atoms with Gasteiger partial charge in [0.05, 0.1) is 16.9 Å². The van der Waals surface area contributed by atoms with E-state index in [1.807, 2.05) is 59.9 Å². The number of furan rings is 1. The number of thiophene rings is 1. The molecule has 0 radical (unpaired) electrons. The molecule has 0 aliphatic rings. The predicted octanol–water partition coefficient (Wildman–Crippen LogP) is 15.3. The van der Waals surface area contributed by atoms with Crippen LogP contribution in [0.15, 0.2) is 205 Å². The summed E-state index contributed by atoms with van der Waals surface area (Å²) < 4.78 is 9.34. The second-order valence-corrected chi connectivity index (χ2v) is 16.2. The van der Waals surface area contributed by atoms with Gasteiger partial charge < -0.3 is 4.42 Å². The van der Waals surface area contributed by atoms with Crippen molar-refractivity contribution in [3.05, 3.63) is 200 Å². The molecule has 5 heteroatoms. The topological polar surface area (TPSA) is 51.8 Å². The average Bonchev–Trinajstić information content (AvgIpc) is 3.91. The summed E-state index contributed by atoms with van der Waals surface area (Å²) in [5.74, 6) is 0.643. The van der Waals surface area contributed by atoms with Crippen LogP contribution in [0, 0.1) is 0 Å². The quantitative estimate of drug-likeness (QED) is 0.169. The molecular formula is C55H33N3OS. The number of fused-ring (bicyclic) bond motifs is 8. The Labute approximate surface area is 349 Å². The number of hydrogen-bond donors (Lipinski definition) is 0. The van der Waals surface area contributed by atoms with Gasteiger partial charge in [-0.05, 0) is 47.0 Å². The molecule has 12 aromatic rings. The fourth-order valence-corrected chi connectivity index (χ4v) is 9.90. The number of pyridine rings is 1. The Bertz CT molecular complexity index is 3550. The largest absolute Gasteiger partial charge is 0.454 e. The van der Waals surface area contributed by atoms with Crippen LogP contribution in [0.4, 0.5) is 0 Å². The van der Waals surface area contributed by atoms with Crippen LogP contribution in [0.5, 0.6) is 0 Å². The molecule has 0 aliphatic heterocycles. The molecule has 0 saturated carbocycles. The molecule has 0 spiro atoms. The summed E-state index contributed by atoms with van der Waals surface area (Å²) in [4.78, 5) is 15.8. The van der Waals surface area contributed by atoms with Gasteiger partial charge in [-0.15, -0.1) is 11.3 Å². The number of hydrogen-bond acceptors (Lipinski definition) is 5. The highest BCUT2D eigenvalue weighted by Crippen LogP contribution is 2.44. The number of para-hydroxylation sites is 2. The highest BCUT2D eigenvalue weighted by Gasteiger charge is 2.21. The highest BCUT2D eigenvalue weighted by atomic mass is 32.1. The van der Waals surface area contributed by atoms with E-state index in [9.17, 15) is 0 Å². The van der Waals surface area contributed by atoms with Gasteiger partial charge in [-0.2, -0.15) is 0 Å². The fourth-order valence-electron chi connectivity index (χ4n) is 8.66. The zero-order valence-electron chi connectivity index (χ0n) is 32.2. The lowest BCUT2D eigenvalue weighted by molar-refractivity contribution is 0.669. The number of nitrogens with zero attached hydrogens (tertiary/aromatic N) is 3. The highest BCUT2D eigenvalue weighted by molar-refractivity contribution is 7.26. The van der Waals surface area contributed by atoms with E-state index in [0.717, 1.165) is 83.3 Å². The van der Waals surface area contributed by atoms with Crippen LogP contribution in [0.25, 0.3) is 120 Å². The van der Waals surface area contributed by atoms with Gasteiger partial charge in [0.15, 0.2) is 11.4 Å². The minimum atomic E-state index is 0.643. The lowest BCUT2D eigenvalue weighted by Crippen LogP contribution is -1.96. The molecule has 280 valence electrons. The number of benzene rings is 8. The maximum absolute atomic E-state index is 6.74. The molecular weight excluding hydrogens is 751 g/mol. The van der Waals surface area contributed by atoms with Crippen molar-refractivity contribution < 1.29 is 4.42 Å². The van der Waals surface area contributed by atoms with Crippen LogP contribution < -0.4 is 0 Å². The minimum absolute atomic E-state index is 0.643. The molecule has 4 aromatic heterocycles. The van der Waals surface area contributed by atoms with Gasteiger partial charge in [-0.3, -0.25) is 0 Å². The molecule has 60 heavy (non-hydrogen) atoms. The summed E-state index contributed by atoms with van der Waals surface area (Å²) in [5.41, 5.74) is 13.5. The Morgan fingerprint density at radius 3 is 1.70 bits per heavy atom. The molecule has 8 aromatic carbocycles. The van der Waals surface area contributed by atoms with E-state index < -0.39 is 0 Å². The standard InChI is InChI=1S/C55H33N3OS/c1-3-15-34(16-4-1)46-33-47(35-17-5-2-6-18-35)57-55(56-46)39-22-12-21-38(32-39)51-53-50(44-24-7-9-29-48(44)59-53)45-28-13-25-40(52(45)58-51)36-19-11-20-37(31-36)41-26-14-27-43-42-23-8-10-30-49(42)60-54(41)43/h1-33H. The van der Waals surface area contributed by atoms with Crippen LogP contribution in [0.2, 0.25) is 0 Å². The maximum Gasteiger partial charge on any atom is 0.162 e. The zero-order chi connectivity index (χ0) is 39.6. The minimum Gasteiger partial charge on any atom is -0.454 e. The van der Waals surface area contributed by atoms with E-state index >= 15 is 0 Å². The van der Waals surface area contributed by atoms with Crippen LogP contribution in [-0.2, 0) is 0 Å². The Kier molecular flexibility index (Phi) is 8.00. The van der Waals surface area contributed by atoms with Crippen molar-refractivity contribution in [1.82, 2.24) is 15.0 Å². The van der Waals surface area contributed by atoms with E-state index in [1.54, 1.807) is 0 Å². The van der Waals surface area contributed by atoms with Crippen molar-refractivity contribution in [1.29, 1.82) is 0 Å². The Morgan fingerprint density at radius 2 is 0.933 bits per heavy atom. The first-order valence-electron chi connectivity index (χ1n) is 20.1. The Hall–Kier alpha value is -7.73. The lowest BCUT2D eigenvalue weighted by Gasteiger charge is -2.13. The monoisotopic (exact) mass is 783 g/mol. The van der Waals surface area contributed by atoms with E-state index in [-0.39, 0.29) is 0 Å². The van der Waals surface area contributed by atoms with Crippen LogP contribution in [-0.4, -0.2) is 15.0 Å². The number of rotatable bonds is 6. The summed E-state index contributed by atoms with van der Waals surface area (Å²) >= 11 is 1.86. The van der Waals surface area contributed by atoms with Gasteiger partial charge in [-0.1, -0.05) is 170 Å². The molecule has 0 amide bonds. The Balaban J connectivity index is 1.05. The van der Waals surface area contributed by atoms with Crippen molar-refractivity contribution in [3.8, 4) is 67.4 Å². The summed E-state index contributed by atoms with van der Waals surface area (Å²) in [7, 11) is 0. The predicted molar refractivity (Wildman–Crippen MR) is 250 cm³/mol. The molecule has 0 atom stereocenters. The summed E-state index contributed by atoms with van der Waals surface area (Å²) in [6.45, 7) is 0. The lowest BCUT2D eigenvalue weighted by atomic mass is 9.94. The third kappa shape index (κ3) is 5.70.